The van der Waals surface area contributed by atoms with Crippen LogP contribution in [0.3, 0.4) is 0 Å². The molecule has 8 nitrogen and oxygen atoms in total. The van der Waals surface area contributed by atoms with Crippen molar-refractivity contribution in [3.8, 4) is 11.5 Å². The first-order valence-corrected chi connectivity index (χ1v) is 8.73. The molecule has 0 saturated heterocycles. The smallest absolute Gasteiger partial charge is 0.350 e. The molecule has 2 aromatic carbocycles. The molecule has 0 aliphatic rings. The van der Waals surface area contributed by atoms with Crippen LogP contribution in [0.2, 0.25) is 0 Å². The van der Waals surface area contributed by atoms with Gasteiger partial charge in [0.15, 0.2) is 11.5 Å². The molecule has 4 rings (SSSR count). The molecule has 0 fully saturated rings. The average Bonchev–Trinajstić information content (AvgIpc) is 3.08. The number of ether oxygens (including phenoxy) is 2. The zero-order valence-electron chi connectivity index (χ0n) is 15.4. The summed E-state index contributed by atoms with van der Waals surface area (Å²) in [6, 6.07) is 12.6. The molecular formula is C20H18N4O4. The van der Waals surface area contributed by atoms with Gasteiger partial charge in [-0.15, -0.1) is 4.68 Å². The van der Waals surface area contributed by atoms with Crippen LogP contribution in [0.15, 0.2) is 57.2 Å². The number of hydrogen-bond donors (Lipinski definition) is 2. The van der Waals surface area contributed by atoms with Crippen LogP contribution in [0.1, 0.15) is 12.5 Å². The van der Waals surface area contributed by atoms with Gasteiger partial charge in [0.1, 0.15) is 5.52 Å². The number of hydrogen-bond acceptors (Lipinski definition) is 5. The van der Waals surface area contributed by atoms with E-state index in [2.05, 4.69) is 15.1 Å². The van der Waals surface area contributed by atoms with Gasteiger partial charge in [-0.1, -0.05) is 18.2 Å². The maximum atomic E-state index is 12.8. The van der Waals surface area contributed by atoms with Gasteiger partial charge in [0.05, 0.1) is 25.4 Å². The fourth-order valence-corrected chi connectivity index (χ4v) is 3.06. The molecule has 0 atom stereocenters. The number of aromatic amines is 2. The number of benzene rings is 2. The Hall–Kier alpha value is -3.81. The lowest BCUT2D eigenvalue weighted by Gasteiger charge is -2.09. The molecule has 2 aromatic heterocycles. The summed E-state index contributed by atoms with van der Waals surface area (Å²) in [5, 5.41) is 4.84. The monoisotopic (exact) mass is 378 g/mol. The second-order valence-corrected chi connectivity index (χ2v) is 6.06. The normalized spacial score (nSPS) is 11.5. The SMILES string of the molecule is CCOc1ccc(/C=N/n2c(=O)[nH]c3c([nH]c4ccccc43)c2=O)cc1OC. The van der Waals surface area contributed by atoms with E-state index in [0.717, 1.165) is 15.6 Å². The van der Waals surface area contributed by atoms with Crippen molar-refractivity contribution >= 4 is 28.2 Å². The zero-order chi connectivity index (χ0) is 19.7. The maximum Gasteiger partial charge on any atom is 0.350 e. The summed E-state index contributed by atoms with van der Waals surface area (Å²) in [6.07, 6.45) is 1.42. The second-order valence-electron chi connectivity index (χ2n) is 6.06. The molecule has 0 unspecified atom stereocenters. The maximum absolute atomic E-state index is 12.8. The number of H-pyrrole nitrogens is 2. The van der Waals surface area contributed by atoms with Crippen LogP contribution in [-0.4, -0.2) is 34.6 Å². The average molecular weight is 378 g/mol. The highest BCUT2D eigenvalue weighted by Gasteiger charge is 2.12. The molecule has 0 bridgehead atoms. The molecule has 4 aromatic rings. The van der Waals surface area contributed by atoms with E-state index in [9.17, 15) is 9.59 Å². The molecule has 0 aliphatic heterocycles. The Morgan fingerprint density at radius 1 is 1.07 bits per heavy atom. The standard InChI is InChI=1S/C20H18N4O4/c1-3-28-15-9-8-12(10-16(15)27-2)11-21-24-19(25)18-17(23-20(24)26)13-6-4-5-7-14(13)22-18/h4-11,22H,3H2,1-2H3,(H,23,26)/b21-11+. The van der Waals surface area contributed by atoms with Crippen molar-refractivity contribution in [2.75, 3.05) is 13.7 Å². The summed E-state index contributed by atoms with van der Waals surface area (Å²) in [5.41, 5.74) is 1.05. The van der Waals surface area contributed by atoms with Gasteiger partial charge in [-0.2, -0.15) is 5.10 Å². The fraction of sp³-hybridized carbons (Fsp3) is 0.150. The predicted molar refractivity (Wildman–Crippen MR) is 108 cm³/mol. The number of nitrogens with one attached hydrogen (secondary N) is 2. The number of nitrogens with zero attached hydrogens (tertiary/aromatic N) is 2. The lowest BCUT2D eigenvalue weighted by molar-refractivity contribution is 0.311. The zero-order valence-corrected chi connectivity index (χ0v) is 15.4. The summed E-state index contributed by atoms with van der Waals surface area (Å²) >= 11 is 0. The Morgan fingerprint density at radius 2 is 1.89 bits per heavy atom. The Morgan fingerprint density at radius 3 is 2.68 bits per heavy atom. The number of methoxy groups -OCH3 is 1. The van der Waals surface area contributed by atoms with E-state index < -0.39 is 11.2 Å². The molecule has 2 N–H and O–H groups in total. The molecule has 0 aliphatic carbocycles. The van der Waals surface area contributed by atoms with Crippen molar-refractivity contribution in [2.45, 2.75) is 6.92 Å². The molecule has 0 amide bonds. The minimum Gasteiger partial charge on any atom is -0.493 e. The van der Waals surface area contributed by atoms with E-state index in [1.807, 2.05) is 31.2 Å². The van der Waals surface area contributed by atoms with Crippen LogP contribution in [0.4, 0.5) is 0 Å². The highest BCUT2D eigenvalue weighted by atomic mass is 16.5. The number of aromatic nitrogens is 3. The third-order valence-electron chi connectivity index (χ3n) is 4.35. The summed E-state index contributed by atoms with van der Waals surface area (Å²) in [6.45, 7) is 2.40. The van der Waals surface area contributed by atoms with Gasteiger partial charge in [0.2, 0.25) is 0 Å². The molecule has 2 heterocycles. The largest absolute Gasteiger partial charge is 0.493 e. The van der Waals surface area contributed by atoms with Gasteiger partial charge in [0, 0.05) is 10.9 Å². The molecule has 0 saturated carbocycles. The highest BCUT2D eigenvalue weighted by Crippen LogP contribution is 2.27. The molecule has 142 valence electrons. The molecule has 28 heavy (non-hydrogen) atoms. The lowest BCUT2D eigenvalue weighted by Crippen LogP contribution is -2.32. The third-order valence-corrected chi connectivity index (χ3v) is 4.35. The van der Waals surface area contributed by atoms with Gasteiger partial charge in [0.25, 0.3) is 0 Å². The Balaban J connectivity index is 1.79. The first kappa shape index (κ1) is 17.6. The molecule has 0 spiro atoms. The van der Waals surface area contributed by atoms with Gasteiger partial charge in [-0.25, -0.2) is 4.79 Å². The third kappa shape index (κ3) is 2.94. The van der Waals surface area contributed by atoms with Crippen molar-refractivity contribution < 1.29 is 9.47 Å². The van der Waals surface area contributed by atoms with Crippen LogP contribution in [0.25, 0.3) is 21.9 Å². The number of fused-ring (bicyclic) bond motifs is 3. The summed E-state index contributed by atoms with van der Waals surface area (Å²) in [7, 11) is 1.54. The van der Waals surface area contributed by atoms with E-state index in [1.54, 1.807) is 18.2 Å². The van der Waals surface area contributed by atoms with Gasteiger partial charge >= 0.3 is 11.2 Å². The predicted octanol–water partition coefficient (Wildman–Crippen LogP) is 2.46. The highest BCUT2D eigenvalue weighted by molar-refractivity contribution is 6.04. The van der Waals surface area contributed by atoms with E-state index in [1.165, 1.54) is 13.3 Å². The van der Waals surface area contributed by atoms with Crippen molar-refractivity contribution in [3.63, 3.8) is 0 Å². The minimum absolute atomic E-state index is 0.294. The Bertz CT molecular complexity index is 1310. The number of para-hydroxylation sites is 1. The first-order valence-electron chi connectivity index (χ1n) is 8.73. The van der Waals surface area contributed by atoms with Crippen LogP contribution >= 0.6 is 0 Å². The first-order chi connectivity index (χ1) is 13.6. The summed E-state index contributed by atoms with van der Waals surface area (Å²) in [4.78, 5) is 30.9. The molecule has 0 radical (unpaired) electrons. The fourth-order valence-electron chi connectivity index (χ4n) is 3.06. The van der Waals surface area contributed by atoms with E-state index >= 15 is 0 Å². The van der Waals surface area contributed by atoms with Crippen LogP contribution in [-0.2, 0) is 0 Å². The molecular weight excluding hydrogens is 360 g/mol. The van der Waals surface area contributed by atoms with Gasteiger partial charge in [-0.05, 0) is 36.8 Å². The van der Waals surface area contributed by atoms with Crippen LogP contribution < -0.4 is 20.7 Å². The van der Waals surface area contributed by atoms with E-state index in [-0.39, 0.29) is 0 Å². The van der Waals surface area contributed by atoms with E-state index in [0.29, 0.717) is 34.7 Å². The quantitative estimate of drug-likeness (QED) is 0.521. The van der Waals surface area contributed by atoms with Crippen LogP contribution in [0, 0.1) is 0 Å². The summed E-state index contributed by atoms with van der Waals surface area (Å²) < 4.78 is 11.6. The van der Waals surface area contributed by atoms with Crippen molar-refractivity contribution in [1.29, 1.82) is 0 Å². The lowest BCUT2D eigenvalue weighted by atomic mass is 10.2. The number of rotatable bonds is 5. The second kappa shape index (κ2) is 7.07. The summed E-state index contributed by atoms with van der Waals surface area (Å²) in [5.74, 6) is 1.15. The van der Waals surface area contributed by atoms with Crippen LogP contribution in [0.5, 0.6) is 11.5 Å². The topological polar surface area (TPSA) is 101 Å². The van der Waals surface area contributed by atoms with E-state index in [4.69, 9.17) is 9.47 Å². The Labute approximate surface area is 159 Å². The van der Waals surface area contributed by atoms with Crippen molar-refractivity contribution in [3.05, 3.63) is 68.9 Å². The van der Waals surface area contributed by atoms with Crippen molar-refractivity contribution in [1.82, 2.24) is 14.6 Å². The minimum atomic E-state index is -0.614. The van der Waals surface area contributed by atoms with Gasteiger partial charge in [-0.3, -0.25) is 4.79 Å². The van der Waals surface area contributed by atoms with Crippen molar-refractivity contribution in [2.24, 2.45) is 5.10 Å². The Kier molecular flexibility index (Phi) is 4.44. The molecule has 8 heteroatoms. The van der Waals surface area contributed by atoms with Gasteiger partial charge < -0.3 is 19.4 Å².